The molecule has 0 unspecified atom stereocenters. The molecule has 1 aliphatic carbocycles. The SMILES string of the molecule is CCc1ccc(C(=O)N2CCC[C@H]2c2noc(C3CC3)n2)o1. The van der Waals surface area contributed by atoms with Crippen LogP contribution < -0.4 is 0 Å². The van der Waals surface area contributed by atoms with Crippen molar-refractivity contribution in [1.29, 1.82) is 0 Å². The van der Waals surface area contributed by atoms with Crippen molar-refractivity contribution in [1.82, 2.24) is 15.0 Å². The molecule has 0 bridgehead atoms. The molecule has 22 heavy (non-hydrogen) atoms. The van der Waals surface area contributed by atoms with Crippen LogP contribution in [0.1, 0.15) is 72.6 Å². The van der Waals surface area contributed by atoms with Gasteiger partial charge in [-0.1, -0.05) is 12.1 Å². The molecular formula is C16H19N3O3. The normalized spacial score (nSPS) is 21.5. The molecule has 2 aromatic rings. The fourth-order valence-electron chi connectivity index (χ4n) is 2.98. The van der Waals surface area contributed by atoms with E-state index in [2.05, 4.69) is 10.1 Å². The molecule has 2 aromatic heterocycles. The van der Waals surface area contributed by atoms with Gasteiger partial charge in [-0.05, 0) is 37.8 Å². The fourth-order valence-corrected chi connectivity index (χ4v) is 2.98. The van der Waals surface area contributed by atoms with E-state index < -0.39 is 0 Å². The quantitative estimate of drug-likeness (QED) is 0.867. The second kappa shape index (κ2) is 5.26. The third-order valence-electron chi connectivity index (χ3n) is 4.42. The number of hydrogen-bond acceptors (Lipinski definition) is 5. The van der Waals surface area contributed by atoms with Gasteiger partial charge in [0.05, 0.1) is 6.04 Å². The largest absolute Gasteiger partial charge is 0.456 e. The Hall–Kier alpha value is -2.11. The Morgan fingerprint density at radius 3 is 2.95 bits per heavy atom. The molecule has 1 aliphatic heterocycles. The van der Waals surface area contributed by atoms with E-state index in [9.17, 15) is 4.79 Å². The number of furan rings is 1. The van der Waals surface area contributed by atoms with Crippen molar-refractivity contribution in [3.63, 3.8) is 0 Å². The lowest BCUT2D eigenvalue weighted by molar-refractivity contribution is 0.0694. The molecule has 4 rings (SSSR count). The zero-order chi connectivity index (χ0) is 15.1. The Kier molecular flexibility index (Phi) is 3.24. The second-order valence-corrected chi connectivity index (χ2v) is 6.04. The molecule has 0 N–H and O–H groups in total. The van der Waals surface area contributed by atoms with Crippen molar-refractivity contribution >= 4 is 5.91 Å². The van der Waals surface area contributed by atoms with Crippen LogP contribution in [0.4, 0.5) is 0 Å². The summed E-state index contributed by atoms with van der Waals surface area (Å²) in [7, 11) is 0. The summed E-state index contributed by atoms with van der Waals surface area (Å²) >= 11 is 0. The highest BCUT2D eigenvalue weighted by molar-refractivity contribution is 5.92. The van der Waals surface area contributed by atoms with Gasteiger partial charge in [-0.25, -0.2) is 0 Å². The molecule has 0 aromatic carbocycles. The molecule has 1 atom stereocenters. The maximum atomic E-state index is 12.7. The van der Waals surface area contributed by atoms with Crippen molar-refractivity contribution in [3.05, 3.63) is 35.4 Å². The highest BCUT2D eigenvalue weighted by atomic mass is 16.5. The molecule has 1 saturated heterocycles. The van der Waals surface area contributed by atoms with Gasteiger partial charge in [0.25, 0.3) is 5.91 Å². The van der Waals surface area contributed by atoms with E-state index in [1.165, 1.54) is 0 Å². The Labute approximate surface area is 128 Å². The van der Waals surface area contributed by atoms with Crippen molar-refractivity contribution in [2.75, 3.05) is 6.54 Å². The van der Waals surface area contributed by atoms with Crippen LogP contribution in [0.15, 0.2) is 21.1 Å². The number of amides is 1. The summed E-state index contributed by atoms with van der Waals surface area (Å²) in [4.78, 5) is 19.0. The number of rotatable bonds is 4. The summed E-state index contributed by atoms with van der Waals surface area (Å²) in [5.41, 5.74) is 0. The number of aryl methyl sites for hydroxylation is 1. The molecule has 0 spiro atoms. The minimum Gasteiger partial charge on any atom is -0.456 e. The highest BCUT2D eigenvalue weighted by Gasteiger charge is 2.37. The molecule has 1 saturated carbocycles. The number of nitrogens with zero attached hydrogens (tertiary/aromatic N) is 3. The van der Waals surface area contributed by atoms with Gasteiger partial charge in [0.2, 0.25) is 5.89 Å². The highest BCUT2D eigenvalue weighted by Crippen LogP contribution is 2.40. The van der Waals surface area contributed by atoms with E-state index in [-0.39, 0.29) is 11.9 Å². The third-order valence-corrected chi connectivity index (χ3v) is 4.42. The fraction of sp³-hybridized carbons (Fsp3) is 0.562. The van der Waals surface area contributed by atoms with Crippen LogP contribution >= 0.6 is 0 Å². The number of hydrogen-bond donors (Lipinski definition) is 0. The van der Waals surface area contributed by atoms with Crippen molar-refractivity contribution in [2.24, 2.45) is 0 Å². The molecule has 0 radical (unpaired) electrons. The smallest absolute Gasteiger partial charge is 0.290 e. The average molecular weight is 301 g/mol. The lowest BCUT2D eigenvalue weighted by Gasteiger charge is -2.20. The first-order valence-corrected chi connectivity index (χ1v) is 7.99. The summed E-state index contributed by atoms with van der Waals surface area (Å²) < 4.78 is 10.9. The number of carbonyl (C=O) groups excluding carboxylic acids is 1. The standard InChI is InChI=1S/C16H19N3O3/c1-2-11-7-8-13(21-11)16(20)19-9-3-4-12(19)14-17-15(22-18-14)10-5-6-10/h7-8,10,12H,2-6,9H2,1H3/t12-/m0/s1. The summed E-state index contributed by atoms with van der Waals surface area (Å²) in [5.74, 6) is 2.93. The number of carbonyl (C=O) groups is 1. The van der Waals surface area contributed by atoms with E-state index in [0.717, 1.165) is 43.8 Å². The summed E-state index contributed by atoms with van der Waals surface area (Å²) in [6.07, 6.45) is 4.86. The van der Waals surface area contributed by atoms with E-state index in [1.807, 2.05) is 13.0 Å². The third kappa shape index (κ3) is 2.32. The first kappa shape index (κ1) is 13.5. The Balaban J connectivity index is 1.55. The lowest BCUT2D eigenvalue weighted by atomic mass is 10.2. The minimum atomic E-state index is -0.0982. The molecule has 2 aliphatic rings. The summed E-state index contributed by atoms with van der Waals surface area (Å²) in [5, 5.41) is 4.10. The maximum absolute atomic E-state index is 12.7. The second-order valence-electron chi connectivity index (χ2n) is 6.04. The number of aromatic nitrogens is 2. The molecule has 6 nitrogen and oxygen atoms in total. The van der Waals surface area contributed by atoms with E-state index >= 15 is 0 Å². The molecule has 1 amide bonds. The van der Waals surface area contributed by atoms with Crippen molar-refractivity contribution in [3.8, 4) is 0 Å². The van der Waals surface area contributed by atoms with Crippen LogP contribution in [0.2, 0.25) is 0 Å². The molecular weight excluding hydrogens is 282 g/mol. The first-order valence-electron chi connectivity index (χ1n) is 7.99. The first-order chi connectivity index (χ1) is 10.8. The van der Waals surface area contributed by atoms with Gasteiger partial charge in [-0.15, -0.1) is 0 Å². The van der Waals surface area contributed by atoms with Crippen LogP contribution in [0, 0.1) is 0 Å². The van der Waals surface area contributed by atoms with Crippen LogP contribution in [0.5, 0.6) is 0 Å². The molecule has 2 fully saturated rings. The van der Waals surface area contributed by atoms with Gasteiger partial charge in [0, 0.05) is 18.9 Å². The maximum Gasteiger partial charge on any atom is 0.290 e. The van der Waals surface area contributed by atoms with Crippen molar-refractivity contribution < 1.29 is 13.7 Å². The van der Waals surface area contributed by atoms with E-state index in [4.69, 9.17) is 8.94 Å². The summed E-state index contributed by atoms with van der Waals surface area (Å²) in [6.45, 7) is 2.71. The van der Waals surface area contributed by atoms with Gasteiger partial charge < -0.3 is 13.8 Å². The van der Waals surface area contributed by atoms with E-state index in [1.54, 1.807) is 11.0 Å². The van der Waals surface area contributed by atoms with Crippen molar-refractivity contribution in [2.45, 2.75) is 51.0 Å². The van der Waals surface area contributed by atoms with Crippen LogP contribution in [-0.2, 0) is 6.42 Å². The summed E-state index contributed by atoms with van der Waals surface area (Å²) in [6, 6.07) is 3.51. The Bertz CT molecular complexity index is 686. The predicted octanol–water partition coefficient (Wildman–Crippen LogP) is 3.08. The number of likely N-dealkylation sites (tertiary alicyclic amines) is 1. The zero-order valence-corrected chi connectivity index (χ0v) is 12.6. The van der Waals surface area contributed by atoms with Crippen LogP contribution in [0.3, 0.4) is 0 Å². The Morgan fingerprint density at radius 2 is 2.23 bits per heavy atom. The van der Waals surface area contributed by atoms with Crippen LogP contribution in [0.25, 0.3) is 0 Å². The Morgan fingerprint density at radius 1 is 1.36 bits per heavy atom. The van der Waals surface area contributed by atoms with Gasteiger partial charge in [-0.3, -0.25) is 4.79 Å². The monoisotopic (exact) mass is 301 g/mol. The molecule has 6 heteroatoms. The zero-order valence-electron chi connectivity index (χ0n) is 12.6. The molecule has 116 valence electrons. The van der Waals surface area contributed by atoms with E-state index in [0.29, 0.717) is 24.0 Å². The molecule has 3 heterocycles. The van der Waals surface area contributed by atoms with Gasteiger partial charge in [-0.2, -0.15) is 4.98 Å². The lowest BCUT2D eigenvalue weighted by Crippen LogP contribution is -2.30. The predicted molar refractivity (Wildman–Crippen MR) is 77.4 cm³/mol. The topological polar surface area (TPSA) is 72.4 Å². The average Bonchev–Trinajstić information content (AvgIpc) is 3.02. The van der Waals surface area contributed by atoms with Gasteiger partial charge in [0.1, 0.15) is 5.76 Å². The van der Waals surface area contributed by atoms with Gasteiger partial charge >= 0.3 is 0 Å². The minimum absolute atomic E-state index is 0.0834. The van der Waals surface area contributed by atoms with Gasteiger partial charge in [0.15, 0.2) is 11.6 Å². The van der Waals surface area contributed by atoms with Crippen LogP contribution in [-0.4, -0.2) is 27.5 Å².